The summed E-state index contributed by atoms with van der Waals surface area (Å²) in [4.78, 5) is 4.45. The van der Waals surface area contributed by atoms with E-state index in [9.17, 15) is 4.39 Å². The molecule has 5 nitrogen and oxygen atoms in total. The van der Waals surface area contributed by atoms with Crippen molar-refractivity contribution in [3.8, 4) is 11.3 Å². The van der Waals surface area contributed by atoms with Gasteiger partial charge in [-0.3, -0.25) is 4.68 Å². The van der Waals surface area contributed by atoms with E-state index in [1.165, 1.54) is 6.07 Å². The molecule has 0 fully saturated rings. The number of aromatic nitrogens is 5. The van der Waals surface area contributed by atoms with Crippen LogP contribution in [0.25, 0.3) is 27.8 Å². The molecule has 0 spiro atoms. The second-order valence-electron chi connectivity index (χ2n) is 6.15. The molecule has 3 heterocycles. The Morgan fingerprint density at radius 3 is 2.71 bits per heavy atom. The van der Waals surface area contributed by atoms with Gasteiger partial charge >= 0.3 is 0 Å². The van der Waals surface area contributed by atoms with Gasteiger partial charge in [0.1, 0.15) is 5.52 Å². The molecule has 0 aliphatic carbocycles. The number of rotatable bonds is 3. The minimum absolute atomic E-state index is 0.321. The van der Waals surface area contributed by atoms with Crippen molar-refractivity contribution in [3.63, 3.8) is 0 Å². The molecule has 4 aromatic rings. The van der Waals surface area contributed by atoms with Crippen LogP contribution in [0, 0.1) is 19.7 Å². The average molecular weight is 323 g/mol. The number of hydrogen-bond acceptors (Lipinski definition) is 3. The lowest BCUT2D eigenvalue weighted by Gasteiger charge is -2.05. The Kier molecular flexibility index (Phi) is 3.33. The molecule has 0 bridgehead atoms. The fraction of sp³-hybridized carbons (Fsp3) is 0.278. The van der Waals surface area contributed by atoms with E-state index in [0.717, 1.165) is 46.5 Å². The highest BCUT2D eigenvalue weighted by Gasteiger charge is 2.12. The fourth-order valence-electron chi connectivity index (χ4n) is 3.02. The number of benzene rings is 1. The van der Waals surface area contributed by atoms with Crippen molar-refractivity contribution in [2.45, 2.75) is 33.7 Å². The standard InChI is InChI=1S/C18H18FN5/c1-4-5-23-10-14-7-13(8-15(19)17(14)22-23)16-6-11(2)18-20-12(3)9-24(18)21-16/h6-10H,4-5H2,1-3H3. The largest absolute Gasteiger partial charge is 0.271 e. The zero-order valence-corrected chi connectivity index (χ0v) is 13.9. The van der Waals surface area contributed by atoms with Crippen molar-refractivity contribution < 1.29 is 4.39 Å². The highest BCUT2D eigenvalue weighted by molar-refractivity contribution is 5.84. The molecule has 0 saturated heterocycles. The summed E-state index contributed by atoms with van der Waals surface area (Å²) in [6.45, 7) is 6.77. The summed E-state index contributed by atoms with van der Waals surface area (Å²) in [7, 11) is 0. The van der Waals surface area contributed by atoms with E-state index in [1.807, 2.05) is 38.4 Å². The third-order valence-electron chi connectivity index (χ3n) is 4.09. The van der Waals surface area contributed by atoms with Gasteiger partial charge < -0.3 is 0 Å². The van der Waals surface area contributed by atoms with Gasteiger partial charge in [-0.15, -0.1) is 0 Å². The molecule has 122 valence electrons. The summed E-state index contributed by atoms with van der Waals surface area (Å²) in [6.07, 6.45) is 4.72. The Labute approximate surface area is 138 Å². The lowest BCUT2D eigenvalue weighted by molar-refractivity contribution is 0.596. The van der Waals surface area contributed by atoms with Crippen LogP contribution >= 0.6 is 0 Å². The van der Waals surface area contributed by atoms with E-state index in [0.29, 0.717) is 5.52 Å². The number of halogens is 1. The molecule has 0 unspecified atom stereocenters. The van der Waals surface area contributed by atoms with E-state index >= 15 is 0 Å². The molecule has 0 saturated carbocycles. The Balaban J connectivity index is 1.89. The van der Waals surface area contributed by atoms with E-state index in [-0.39, 0.29) is 5.82 Å². The Morgan fingerprint density at radius 2 is 1.92 bits per heavy atom. The van der Waals surface area contributed by atoms with Crippen LogP contribution in [0.3, 0.4) is 0 Å². The van der Waals surface area contributed by atoms with Crippen LogP contribution in [-0.4, -0.2) is 24.4 Å². The van der Waals surface area contributed by atoms with Crippen LogP contribution in [0.1, 0.15) is 24.6 Å². The Morgan fingerprint density at radius 1 is 1.08 bits per heavy atom. The molecule has 0 amide bonds. The smallest absolute Gasteiger partial charge is 0.156 e. The molecular weight excluding hydrogens is 305 g/mol. The van der Waals surface area contributed by atoms with Crippen molar-refractivity contribution in [3.05, 3.63) is 47.7 Å². The summed E-state index contributed by atoms with van der Waals surface area (Å²) in [6, 6.07) is 5.39. The predicted octanol–water partition coefficient (Wildman–Crippen LogP) is 3.91. The van der Waals surface area contributed by atoms with Crippen molar-refractivity contribution >= 4 is 16.6 Å². The molecule has 0 N–H and O–H groups in total. The fourth-order valence-corrected chi connectivity index (χ4v) is 3.02. The second-order valence-corrected chi connectivity index (χ2v) is 6.15. The SMILES string of the molecule is CCCn1cc2cc(-c3cc(C)c4nc(C)cn4n3)cc(F)c2n1. The predicted molar refractivity (Wildman–Crippen MR) is 91.4 cm³/mol. The Hall–Kier alpha value is -2.76. The minimum Gasteiger partial charge on any atom is -0.271 e. The van der Waals surface area contributed by atoms with Crippen molar-refractivity contribution in [1.82, 2.24) is 24.4 Å². The van der Waals surface area contributed by atoms with Gasteiger partial charge in [0.15, 0.2) is 11.5 Å². The van der Waals surface area contributed by atoms with Crippen molar-refractivity contribution in [1.29, 1.82) is 0 Å². The van der Waals surface area contributed by atoms with Crippen LogP contribution in [0.15, 0.2) is 30.6 Å². The topological polar surface area (TPSA) is 48.0 Å². The monoisotopic (exact) mass is 323 g/mol. The molecule has 6 heteroatoms. The van der Waals surface area contributed by atoms with E-state index in [4.69, 9.17) is 0 Å². The third-order valence-corrected chi connectivity index (χ3v) is 4.09. The molecule has 0 aliphatic heterocycles. The average Bonchev–Trinajstić information content (AvgIpc) is 3.10. The first-order valence-corrected chi connectivity index (χ1v) is 8.06. The second kappa shape index (κ2) is 5.40. The normalized spacial score (nSPS) is 11.7. The Bertz CT molecular complexity index is 1060. The first-order chi connectivity index (χ1) is 11.5. The van der Waals surface area contributed by atoms with Crippen LogP contribution in [0.2, 0.25) is 0 Å². The summed E-state index contributed by atoms with van der Waals surface area (Å²) in [5, 5.41) is 9.68. The first kappa shape index (κ1) is 14.8. The molecule has 4 rings (SSSR count). The molecule has 1 aromatic carbocycles. The number of imidazole rings is 1. The number of fused-ring (bicyclic) bond motifs is 2. The van der Waals surface area contributed by atoms with Crippen molar-refractivity contribution in [2.75, 3.05) is 0 Å². The van der Waals surface area contributed by atoms with Gasteiger partial charge in [0, 0.05) is 23.7 Å². The number of aryl methyl sites for hydroxylation is 3. The number of nitrogens with zero attached hydrogens (tertiary/aromatic N) is 5. The van der Waals surface area contributed by atoms with Gasteiger partial charge in [-0.05, 0) is 44.0 Å². The van der Waals surface area contributed by atoms with Crippen LogP contribution in [0.5, 0.6) is 0 Å². The molecule has 0 radical (unpaired) electrons. The van der Waals surface area contributed by atoms with Gasteiger partial charge in [0.05, 0.1) is 17.6 Å². The van der Waals surface area contributed by atoms with Gasteiger partial charge in [-0.1, -0.05) is 6.92 Å². The quantitative estimate of drug-likeness (QED) is 0.574. The number of hydrogen-bond donors (Lipinski definition) is 0. The van der Waals surface area contributed by atoms with E-state index in [1.54, 1.807) is 9.20 Å². The zero-order chi connectivity index (χ0) is 16.8. The maximum atomic E-state index is 14.5. The van der Waals surface area contributed by atoms with Gasteiger partial charge in [-0.2, -0.15) is 10.2 Å². The molecular formula is C18H18FN5. The van der Waals surface area contributed by atoms with E-state index < -0.39 is 0 Å². The molecule has 0 atom stereocenters. The highest BCUT2D eigenvalue weighted by atomic mass is 19.1. The summed E-state index contributed by atoms with van der Waals surface area (Å²) >= 11 is 0. The van der Waals surface area contributed by atoms with Gasteiger partial charge in [0.2, 0.25) is 0 Å². The maximum absolute atomic E-state index is 14.5. The lowest BCUT2D eigenvalue weighted by atomic mass is 10.1. The van der Waals surface area contributed by atoms with Gasteiger partial charge in [0.25, 0.3) is 0 Å². The van der Waals surface area contributed by atoms with Crippen LogP contribution in [0.4, 0.5) is 4.39 Å². The van der Waals surface area contributed by atoms with Crippen molar-refractivity contribution in [2.24, 2.45) is 0 Å². The van der Waals surface area contributed by atoms with E-state index in [2.05, 4.69) is 22.1 Å². The molecule has 0 aliphatic rings. The van der Waals surface area contributed by atoms with Crippen LogP contribution in [-0.2, 0) is 6.54 Å². The third kappa shape index (κ3) is 2.35. The summed E-state index contributed by atoms with van der Waals surface area (Å²) in [5.74, 6) is -0.321. The zero-order valence-electron chi connectivity index (χ0n) is 13.9. The molecule has 24 heavy (non-hydrogen) atoms. The van der Waals surface area contributed by atoms with Crippen LogP contribution < -0.4 is 0 Å². The molecule has 3 aromatic heterocycles. The minimum atomic E-state index is -0.321. The first-order valence-electron chi connectivity index (χ1n) is 8.06. The maximum Gasteiger partial charge on any atom is 0.156 e. The lowest BCUT2D eigenvalue weighted by Crippen LogP contribution is -1.97. The highest BCUT2D eigenvalue weighted by Crippen LogP contribution is 2.26. The summed E-state index contributed by atoms with van der Waals surface area (Å²) < 4.78 is 18.0. The van der Waals surface area contributed by atoms with Gasteiger partial charge in [-0.25, -0.2) is 13.9 Å². The summed E-state index contributed by atoms with van der Waals surface area (Å²) in [5.41, 5.74) is 4.62.